The minimum Gasteiger partial charge on any atom is -0.460 e. The summed E-state index contributed by atoms with van der Waals surface area (Å²) in [7, 11) is 0. The van der Waals surface area contributed by atoms with Crippen LogP contribution in [-0.4, -0.2) is 12.0 Å². The Hall–Kier alpha value is -1.35. The van der Waals surface area contributed by atoms with E-state index in [2.05, 4.69) is 0 Å². The van der Waals surface area contributed by atoms with Gasteiger partial charge in [0.05, 0.1) is 0 Å². The van der Waals surface area contributed by atoms with Crippen molar-refractivity contribution in [2.45, 2.75) is 32.9 Å². The van der Waals surface area contributed by atoms with Crippen molar-refractivity contribution in [2.75, 3.05) is 0 Å². The van der Waals surface area contributed by atoms with E-state index in [1.165, 1.54) is 0 Å². The van der Waals surface area contributed by atoms with E-state index in [1.807, 2.05) is 44.2 Å². The number of rotatable bonds is 5. The van der Waals surface area contributed by atoms with Crippen molar-refractivity contribution < 1.29 is 9.53 Å². The Labute approximate surface area is 96.6 Å². The van der Waals surface area contributed by atoms with Crippen molar-refractivity contribution in [1.82, 2.24) is 0 Å². The number of hydrogen-bond acceptors (Lipinski definition) is 3. The summed E-state index contributed by atoms with van der Waals surface area (Å²) in [6, 6.07) is 9.07. The van der Waals surface area contributed by atoms with E-state index in [9.17, 15) is 4.79 Å². The van der Waals surface area contributed by atoms with Gasteiger partial charge < -0.3 is 10.5 Å². The molecular formula is C13H19NO2. The van der Waals surface area contributed by atoms with Crippen LogP contribution in [-0.2, 0) is 16.1 Å². The van der Waals surface area contributed by atoms with Gasteiger partial charge in [0.2, 0.25) is 0 Å². The van der Waals surface area contributed by atoms with Crippen molar-refractivity contribution in [3.05, 3.63) is 35.9 Å². The van der Waals surface area contributed by atoms with Gasteiger partial charge in [0.1, 0.15) is 12.6 Å². The summed E-state index contributed by atoms with van der Waals surface area (Å²) in [5.41, 5.74) is 6.74. The highest BCUT2D eigenvalue weighted by atomic mass is 16.5. The van der Waals surface area contributed by atoms with Gasteiger partial charge in [-0.15, -0.1) is 0 Å². The predicted molar refractivity (Wildman–Crippen MR) is 63.7 cm³/mol. The van der Waals surface area contributed by atoms with Crippen LogP contribution >= 0.6 is 0 Å². The van der Waals surface area contributed by atoms with E-state index < -0.39 is 6.04 Å². The van der Waals surface area contributed by atoms with E-state index in [0.717, 1.165) is 12.0 Å². The van der Waals surface area contributed by atoms with Crippen LogP contribution in [0.3, 0.4) is 0 Å². The Morgan fingerprint density at radius 1 is 1.38 bits per heavy atom. The smallest absolute Gasteiger partial charge is 0.323 e. The summed E-state index contributed by atoms with van der Waals surface area (Å²) in [6.07, 6.45) is 0.877. The first kappa shape index (κ1) is 12.7. The molecule has 1 aromatic rings. The van der Waals surface area contributed by atoms with Gasteiger partial charge >= 0.3 is 5.97 Å². The van der Waals surface area contributed by atoms with Crippen LogP contribution in [0.5, 0.6) is 0 Å². The Bertz CT molecular complexity index is 324. The molecule has 1 aromatic carbocycles. The number of carbonyl (C=O) groups excluding carboxylic acids is 1. The van der Waals surface area contributed by atoms with Gasteiger partial charge in [0.25, 0.3) is 0 Å². The first-order valence-electron chi connectivity index (χ1n) is 5.61. The minimum absolute atomic E-state index is 0.156. The van der Waals surface area contributed by atoms with Crippen molar-refractivity contribution in [3.63, 3.8) is 0 Å². The highest BCUT2D eigenvalue weighted by Crippen LogP contribution is 2.08. The highest BCUT2D eigenvalue weighted by molar-refractivity contribution is 5.75. The lowest BCUT2D eigenvalue weighted by molar-refractivity contribution is -0.147. The molecule has 0 radical (unpaired) electrons. The lowest BCUT2D eigenvalue weighted by Gasteiger charge is -2.16. The zero-order chi connectivity index (χ0) is 12.0. The van der Waals surface area contributed by atoms with Crippen LogP contribution in [0.25, 0.3) is 0 Å². The predicted octanol–water partition coefficient (Wildman–Crippen LogP) is 2.10. The number of esters is 1. The largest absolute Gasteiger partial charge is 0.460 e. The fourth-order valence-corrected chi connectivity index (χ4v) is 1.31. The maximum Gasteiger partial charge on any atom is 0.323 e. The van der Waals surface area contributed by atoms with Crippen LogP contribution in [0.2, 0.25) is 0 Å². The fraction of sp³-hybridized carbons (Fsp3) is 0.462. The molecule has 3 heteroatoms. The molecule has 0 fully saturated rings. The summed E-state index contributed by atoms with van der Waals surface area (Å²) in [4.78, 5) is 11.6. The monoisotopic (exact) mass is 221 g/mol. The molecule has 88 valence electrons. The molecule has 0 bridgehead atoms. The average Bonchev–Trinajstić information content (AvgIpc) is 2.35. The molecule has 16 heavy (non-hydrogen) atoms. The second kappa shape index (κ2) is 6.28. The summed E-state index contributed by atoms with van der Waals surface area (Å²) < 4.78 is 5.15. The first-order chi connectivity index (χ1) is 7.65. The molecule has 2 atom stereocenters. The van der Waals surface area contributed by atoms with Crippen LogP contribution in [0.15, 0.2) is 30.3 Å². The lowest BCUT2D eigenvalue weighted by atomic mass is 10.0. The molecule has 0 aliphatic carbocycles. The Kier molecular flexibility index (Phi) is 4.99. The van der Waals surface area contributed by atoms with Crippen molar-refractivity contribution in [2.24, 2.45) is 11.7 Å². The van der Waals surface area contributed by atoms with Crippen LogP contribution in [0.1, 0.15) is 25.8 Å². The number of ether oxygens (including phenoxy) is 1. The van der Waals surface area contributed by atoms with Gasteiger partial charge in [0.15, 0.2) is 0 Å². The summed E-state index contributed by atoms with van der Waals surface area (Å²) in [6.45, 7) is 4.26. The topological polar surface area (TPSA) is 52.3 Å². The first-order valence-corrected chi connectivity index (χ1v) is 5.61. The van der Waals surface area contributed by atoms with Crippen molar-refractivity contribution in [3.8, 4) is 0 Å². The standard InChI is InChI=1S/C13H19NO2/c1-3-10(2)12(14)13(15)16-9-11-7-5-4-6-8-11/h4-8,10,12H,3,9,14H2,1-2H3/t10-,12+/m1/s1. The van der Waals surface area contributed by atoms with Gasteiger partial charge in [-0.1, -0.05) is 50.6 Å². The number of benzene rings is 1. The lowest BCUT2D eigenvalue weighted by Crippen LogP contribution is -2.37. The molecule has 0 saturated heterocycles. The number of hydrogen-bond donors (Lipinski definition) is 1. The molecule has 0 heterocycles. The van der Waals surface area contributed by atoms with Crippen molar-refractivity contribution in [1.29, 1.82) is 0 Å². The van der Waals surface area contributed by atoms with E-state index in [-0.39, 0.29) is 11.9 Å². The summed E-state index contributed by atoms with van der Waals surface area (Å²) in [5.74, 6) is -0.165. The normalized spacial score (nSPS) is 14.2. The molecule has 1 rings (SSSR count). The van der Waals surface area contributed by atoms with Gasteiger partial charge in [0, 0.05) is 0 Å². The third-order valence-corrected chi connectivity index (χ3v) is 2.75. The Morgan fingerprint density at radius 2 is 2.00 bits per heavy atom. The number of nitrogens with two attached hydrogens (primary N) is 1. The molecule has 0 aliphatic heterocycles. The van der Waals surface area contributed by atoms with E-state index in [1.54, 1.807) is 0 Å². The fourth-order valence-electron chi connectivity index (χ4n) is 1.31. The summed E-state index contributed by atoms with van der Waals surface area (Å²) in [5, 5.41) is 0. The Morgan fingerprint density at radius 3 is 2.56 bits per heavy atom. The zero-order valence-corrected chi connectivity index (χ0v) is 9.85. The van der Waals surface area contributed by atoms with Crippen molar-refractivity contribution >= 4 is 5.97 Å². The molecule has 2 N–H and O–H groups in total. The van der Waals surface area contributed by atoms with Gasteiger partial charge in [-0.3, -0.25) is 4.79 Å². The minimum atomic E-state index is -0.520. The summed E-state index contributed by atoms with van der Waals surface area (Å²) >= 11 is 0. The molecule has 0 spiro atoms. The van der Waals surface area contributed by atoms with Gasteiger partial charge in [-0.25, -0.2) is 0 Å². The van der Waals surface area contributed by atoms with E-state index in [4.69, 9.17) is 10.5 Å². The SMILES string of the molecule is CC[C@@H](C)[C@H](N)C(=O)OCc1ccccc1. The maximum atomic E-state index is 11.6. The third-order valence-electron chi connectivity index (χ3n) is 2.75. The molecular weight excluding hydrogens is 202 g/mol. The van der Waals surface area contributed by atoms with E-state index >= 15 is 0 Å². The van der Waals surface area contributed by atoms with Gasteiger partial charge in [-0.05, 0) is 11.5 Å². The number of carbonyl (C=O) groups is 1. The Balaban J connectivity index is 2.41. The average molecular weight is 221 g/mol. The second-order valence-electron chi connectivity index (χ2n) is 4.00. The second-order valence-corrected chi connectivity index (χ2v) is 4.00. The highest BCUT2D eigenvalue weighted by Gasteiger charge is 2.20. The zero-order valence-electron chi connectivity index (χ0n) is 9.85. The molecule has 3 nitrogen and oxygen atoms in total. The molecule has 0 amide bonds. The molecule has 0 unspecified atom stereocenters. The molecule has 0 aromatic heterocycles. The van der Waals surface area contributed by atoms with Crippen LogP contribution in [0.4, 0.5) is 0 Å². The van der Waals surface area contributed by atoms with E-state index in [0.29, 0.717) is 6.61 Å². The van der Waals surface area contributed by atoms with Crippen LogP contribution in [0, 0.1) is 5.92 Å². The molecule has 0 aliphatic rings. The maximum absolute atomic E-state index is 11.6. The quantitative estimate of drug-likeness (QED) is 0.775. The third kappa shape index (κ3) is 3.66. The van der Waals surface area contributed by atoms with Gasteiger partial charge in [-0.2, -0.15) is 0 Å². The van der Waals surface area contributed by atoms with Crippen LogP contribution < -0.4 is 5.73 Å². The molecule has 0 saturated carbocycles.